The lowest BCUT2D eigenvalue weighted by atomic mass is 10.0. The third-order valence-corrected chi connectivity index (χ3v) is 5.66. The molecule has 5 nitrogen and oxygen atoms in total. The molecule has 1 saturated carbocycles. The first-order valence-electron chi connectivity index (χ1n) is 9.92. The molecule has 1 aliphatic carbocycles. The van der Waals surface area contributed by atoms with Gasteiger partial charge in [0.1, 0.15) is 0 Å². The first-order chi connectivity index (χ1) is 14.3. The fraction of sp³-hybridized carbons (Fsp3) is 0.364. The van der Waals surface area contributed by atoms with Crippen molar-refractivity contribution in [1.82, 2.24) is 10.9 Å². The summed E-state index contributed by atoms with van der Waals surface area (Å²) >= 11 is 0. The zero-order valence-corrected chi connectivity index (χ0v) is 16.2. The average molecular weight is 417 g/mol. The highest BCUT2D eigenvalue weighted by Crippen LogP contribution is 2.50. The van der Waals surface area contributed by atoms with Gasteiger partial charge in [0.15, 0.2) is 0 Å². The fourth-order valence-electron chi connectivity index (χ4n) is 4.12. The van der Waals surface area contributed by atoms with Gasteiger partial charge < -0.3 is 4.90 Å². The molecule has 8 heteroatoms. The predicted molar refractivity (Wildman–Crippen MR) is 106 cm³/mol. The fourth-order valence-corrected chi connectivity index (χ4v) is 4.12. The third kappa shape index (κ3) is 4.27. The van der Waals surface area contributed by atoms with Crippen molar-refractivity contribution in [3.05, 3.63) is 65.2 Å². The second kappa shape index (κ2) is 8.01. The van der Waals surface area contributed by atoms with Gasteiger partial charge in [-0.05, 0) is 48.4 Å². The molecule has 0 spiro atoms. The van der Waals surface area contributed by atoms with E-state index in [0.717, 1.165) is 31.1 Å². The summed E-state index contributed by atoms with van der Waals surface area (Å²) in [5.41, 5.74) is 6.38. The van der Waals surface area contributed by atoms with Crippen molar-refractivity contribution < 1.29 is 22.8 Å². The maximum Gasteiger partial charge on any atom is 0.416 e. The van der Waals surface area contributed by atoms with E-state index < -0.39 is 29.5 Å². The second-order valence-corrected chi connectivity index (χ2v) is 7.72. The number of hydrazine groups is 1. The summed E-state index contributed by atoms with van der Waals surface area (Å²) in [5, 5.41) is 0. The first-order valence-corrected chi connectivity index (χ1v) is 9.92. The molecule has 2 unspecified atom stereocenters. The Morgan fingerprint density at radius 2 is 1.77 bits per heavy atom. The Balaban J connectivity index is 1.31. The van der Waals surface area contributed by atoms with Gasteiger partial charge in [-0.1, -0.05) is 36.4 Å². The van der Waals surface area contributed by atoms with Crippen LogP contribution in [-0.4, -0.2) is 24.9 Å². The van der Waals surface area contributed by atoms with Crippen molar-refractivity contribution in [2.24, 2.45) is 5.92 Å². The number of benzene rings is 2. The maximum absolute atomic E-state index is 13.2. The summed E-state index contributed by atoms with van der Waals surface area (Å²) in [6.45, 7) is 0.847. The first kappa shape index (κ1) is 20.3. The van der Waals surface area contributed by atoms with Crippen molar-refractivity contribution >= 4 is 17.5 Å². The average Bonchev–Trinajstić information content (AvgIpc) is 3.53. The predicted octanol–water partition coefficient (Wildman–Crippen LogP) is 3.41. The molecule has 2 amide bonds. The largest absolute Gasteiger partial charge is 0.416 e. The van der Waals surface area contributed by atoms with E-state index in [1.165, 1.54) is 23.8 Å². The number of rotatable bonds is 4. The summed E-state index contributed by atoms with van der Waals surface area (Å²) in [4.78, 5) is 26.6. The van der Waals surface area contributed by atoms with E-state index in [1.54, 1.807) is 0 Å². The van der Waals surface area contributed by atoms with Crippen molar-refractivity contribution in [3.8, 4) is 0 Å². The standard InChI is InChI=1S/C22H22F3N3O2/c23-22(24,25)18-9-3-2-8-15(18)16-12-17(16)21(30)27-26-20(29)13-28-11-5-7-14-6-1-4-10-19(14)28/h1-4,6,8-10,16-17H,5,7,11-13H2,(H,26,29)(H,27,30). The molecule has 2 atom stereocenters. The molecular weight excluding hydrogens is 395 g/mol. The van der Waals surface area contributed by atoms with Gasteiger partial charge in [-0.15, -0.1) is 0 Å². The number of anilines is 1. The van der Waals surface area contributed by atoms with Crippen LogP contribution in [0.5, 0.6) is 0 Å². The van der Waals surface area contributed by atoms with Crippen LogP contribution >= 0.6 is 0 Å². The number of para-hydroxylation sites is 1. The Morgan fingerprint density at radius 3 is 2.57 bits per heavy atom. The summed E-state index contributed by atoms with van der Waals surface area (Å²) in [5.74, 6) is -1.91. The molecule has 0 saturated heterocycles. The topological polar surface area (TPSA) is 61.4 Å². The van der Waals surface area contributed by atoms with Crippen molar-refractivity contribution in [2.45, 2.75) is 31.4 Å². The van der Waals surface area contributed by atoms with Crippen LogP contribution < -0.4 is 15.8 Å². The Kier molecular flexibility index (Phi) is 5.40. The van der Waals surface area contributed by atoms with Crippen LogP contribution in [0.2, 0.25) is 0 Å². The number of alkyl halides is 3. The molecule has 1 heterocycles. The number of hydrogen-bond acceptors (Lipinski definition) is 3. The van der Waals surface area contributed by atoms with Crippen LogP contribution in [0, 0.1) is 5.92 Å². The lowest BCUT2D eigenvalue weighted by Crippen LogP contribution is -2.48. The molecule has 0 bridgehead atoms. The van der Waals surface area contributed by atoms with Crippen LogP contribution in [0.15, 0.2) is 48.5 Å². The van der Waals surface area contributed by atoms with Gasteiger partial charge in [0, 0.05) is 18.2 Å². The number of fused-ring (bicyclic) bond motifs is 1. The van der Waals surface area contributed by atoms with Gasteiger partial charge in [0.25, 0.3) is 5.91 Å². The Labute approximate surface area is 172 Å². The highest BCUT2D eigenvalue weighted by molar-refractivity contribution is 5.87. The number of carbonyl (C=O) groups excluding carboxylic acids is 2. The molecule has 2 aliphatic rings. The van der Waals surface area contributed by atoms with Crippen molar-refractivity contribution in [2.75, 3.05) is 18.0 Å². The lowest BCUT2D eigenvalue weighted by molar-refractivity contribution is -0.138. The van der Waals surface area contributed by atoms with Gasteiger partial charge in [0.2, 0.25) is 5.91 Å². The number of amides is 2. The molecule has 1 aliphatic heterocycles. The van der Waals surface area contributed by atoms with E-state index in [1.807, 2.05) is 29.2 Å². The molecule has 0 radical (unpaired) electrons. The van der Waals surface area contributed by atoms with Crippen LogP contribution in [0.4, 0.5) is 18.9 Å². The number of nitrogens with one attached hydrogen (secondary N) is 2. The smallest absolute Gasteiger partial charge is 0.362 e. The molecule has 30 heavy (non-hydrogen) atoms. The van der Waals surface area contributed by atoms with Gasteiger partial charge in [0.05, 0.1) is 12.1 Å². The van der Waals surface area contributed by atoms with E-state index >= 15 is 0 Å². The third-order valence-electron chi connectivity index (χ3n) is 5.66. The molecule has 0 aromatic heterocycles. The number of carbonyl (C=O) groups is 2. The Bertz CT molecular complexity index is 961. The molecule has 2 N–H and O–H groups in total. The van der Waals surface area contributed by atoms with E-state index in [2.05, 4.69) is 10.9 Å². The number of halogens is 3. The lowest BCUT2D eigenvalue weighted by Gasteiger charge is -2.30. The summed E-state index contributed by atoms with van der Waals surface area (Å²) in [7, 11) is 0. The van der Waals surface area contributed by atoms with Gasteiger partial charge in [-0.2, -0.15) is 13.2 Å². The van der Waals surface area contributed by atoms with Crippen LogP contribution in [0.3, 0.4) is 0 Å². The number of hydrogen-bond donors (Lipinski definition) is 2. The number of nitrogens with zero attached hydrogens (tertiary/aromatic N) is 1. The monoisotopic (exact) mass is 417 g/mol. The molecule has 1 fully saturated rings. The Morgan fingerprint density at radius 1 is 1.03 bits per heavy atom. The molecule has 2 aromatic rings. The van der Waals surface area contributed by atoms with Gasteiger partial charge in [-0.25, -0.2) is 0 Å². The van der Waals surface area contributed by atoms with E-state index in [4.69, 9.17) is 0 Å². The zero-order chi connectivity index (χ0) is 21.3. The van der Waals surface area contributed by atoms with Gasteiger partial charge >= 0.3 is 6.18 Å². The zero-order valence-electron chi connectivity index (χ0n) is 16.2. The minimum Gasteiger partial charge on any atom is -0.362 e. The van der Waals surface area contributed by atoms with E-state index in [-0.39, 0.29) is 18.0 Å². The summed E-state index contributed by atoms with van der Waals surface area (Å²) in [6.07, 6.45) is -2.22. The summed E-state index contributed by atoms with van der Waals surface area (Å²) in [6, 6.07) is 13.2. The second-order valence-electron chi connectivity index (χ2n) is 7.72. The van der Waals surface area contributed by atoms with Crippen LogP contribution in [0.25, 0.3) is 0 Å². The molecule has 4 rings (SSSR count). The normalized spacial score (nSPS) is 20.3. The van der Waals surface area contributed by atoms with Crippen LogP contribution in [-0.2, 0) is 22.2 Å². The van der Waals surface area contributed by atoms with Crippen LogP contribution in [0.1, 0.15) is 35.4 Å². The SMILES string of the molecule is O=C(CN1CCCc2ccccc21)NNC(=O)C1CC1c1ccccc1C(F)(F)F. The molecule has 2 aromatic carbocycles. The number of aryl methyl sites for hydroxylation is 1. The minimum absolute atomic E-state index is 0.0995. The quantitative estimate of drug-likeness (QED) is 0.750. The Hall–Kier alpha value is -3.03. The van der Waals surface area contributed by atoms with Crippen molar-refractivity contribution in [1.29, 1.82) is 0 Å². The van der Waals surface area contributed by atoms with E-state index in [0.29, 0.717) is 6.42 Å². The van der Waals surface area contributed by atoms with Crippen molar-refractivity contribution in [3.63, 3.8) is 0 Å². The van der Waals surface area contributed by atoms with Gasteiger partial charge in [-0.3, -0.25) is 20.4 Å². The summed E-state index contributed by atoms with van der Waals surface area (Å²) < 4.78 is 39.6. The highest BCUT2D eigenvalue weighted by atomic mass is 19.4. The maximum atomic E-state index is 13.2. The molecule has 158 valence electrons. The van der Waals surface area contributed by atoms with E-state index in [9.17, 15) is 22.8 Å². The molecular formula is C22H22F3N3O2. The minimum atomic E-state index is -4.46. The highest BCUT2D eigenvalue weighted by Gasteiger charge is 2.48.